The summed E-state index contributed by atoms with van der Waals surface area (Å²) in [4.78, 5) is 1.83. The largest absolute Gasteiger partial charge is 0.329 e. The number of rotatable bonds is 4. The highest BCUT2D eigenvalue weighted by atomic mass is 32.2. The quantitative estimate of drug-likeness (QED) is 0.911. The second kappa shape index (κ2) is 6.83. The molecule has 0 amide bonds. The van der Waals surface area contributed by atoms with Crippen molar-refractivity contribution in [3.63, 3.8) is 0 Å². The molecule has 1 saturated heterocycles. The predicted molar refractivity (Wildman–Crippen MR) is 90.8 cm³/mol. The standard InChI is InChI=1S/C18H22N2O2S/c1-16-7-9-18(10-8-16)23(21,22)20-13-11-19(12-14-20)15-17-5-3-2-4-6-17/h2-10H,11-15H2,1H3/p+1. The molecule has 1 fully saturated rings. The molecule has 4 nitrogen and oxygen atoms in total. The Morgan fingerprint density at radius 3 is 2.17 bits per heavy atom. The number of benzene rings is 2. The van der Waals surface area contributed by atoms with E-state index in [1.165, 1.54) is 10.5 Å². The lowest BCUT2D eigenvalue weighted by Crippen LogP contribution is -3.13. The van der Waals surface area contributed by atoms with Crippen molar-refractivity contribution in [1.82, 2.24) is 4.31 Å². The van der Waals surface area contributed by atoms with Gasteiger partial charge in [0.2, 0.25) is 10.0 Å². The molecule has 2 aromatic rings. The molecular formula is C18H23N2O2S+. The van der Waals surface area contributed by atoms with Crippen LogP contribution < -0.4 is 4.90 Å². The Balaban J connectivity index is 1.63. The molecule has 0 aliphatic carbocycles. The number of quaternary nitrogens is 1. The van der Waals surface area contributed by atoms with Crippen molar-refractivity contribution in [2.24, 2.45) is 0 Å². The summed E-state index contributed by atoms with van der Waals surface area (Å²) in [5, 5.41) is 0. The smallest absolute Gasteiger partial charge is 0.243 e. The van der Waals surface area contributed by atoms with Crippen molar-refractivity contribution >= 4 is 10.0 Å². The van der Waals surface area contributed by atoms with Crippen LogP contribution in [0.1, 0.15) is 11.1 Å². The average Bonchev–Trinajstić information content (AvgIpc) is 2.57. The second-order valence-corrected chi connectivity index (χ2v) is 8.07. The van der Waals surface area contributed by atoms with E-state index in [2.05, 4.69) is 12.1 Å². The van der Waals surface area contributed by atoms with Gasteiger partial charge in [0.1, 0.15) is 6.54 Å². The summed E-state index contributed by atoms with van der Waals surface area (Å²) in [6.45, 7) is 5.78. The van der Waals surface area contributed by atoms with E-state index in [4.69, 9.17) is 0 Å². The molecule has 0 aromatic heterocycles. The topological polar surface area (TPSA) is 41.8 Å². The van der Waals surface area contributed by atoms with E-state index in [-0.39, 0.29) is 0 Å². The van der Waals surface area contributed by atoms with Gasteiger partial charge in [-0.25, -0.2) is 8.42 Å². The van der Waals surface area contributed by atoms with Gasteiger partial charge in [0, 0.05) is 5.56 Å². The van der Waals surface area contributed by atoms with E-state index in [1.807, 2.05) is 37.3 Å². The molecule has 0 bridgehead atoms. The zero-order chi connectivity index (χ0) is 16.3. The Bertz CT molecular complexity index is 734. The number of hydrogen-bond donors (Lipinski definition) is 1. The maximum Gasteiger partial charge on any atom is 0.243 e. The maximum absolute atomic E-state index is 12.7. The molecular weight excluding hydrogens is 308 g/mol. The van der Waals surface area contributed by atoms with Gasteiger partial charge in [0.05, 0.1) is 31.1 Å². The van der Waals surface area contributed by atoms with Gasteiger partial charge in [-0.1, -0.05) is 48.0 Å². The zero-order valence-electron chi connectivity index (χ0n) is 13.4. The van der Waals surface area contributed by atoms with Gasteiger partial charge in [-0.3, -0.25) is 0 Å². The first kappa shape index (κ1) is 16.2. The Labute approximate surface area is 138 Å². The second-order valence-electron chi connectivity index (χ2n) is 6.13. The third-order valence-corrected chi connectivity index (χ3v) is 6.30. The van der Waals surface area contributed by atoms with Crippen LogP contribution in [0, 0.1) is 6.92 Å². The predicted octanol–water partition coefficient (Wildman–Crippen LogP) is 1.08. The lowest BCUT2D eigenvalue weighted by atomic mass is 10.2. The van der Waals surface area contributed by atoms with Crippen molar-refractivity contribution in [2.45, 2.75) is 18.4 Å². The number of nitrogens with zero attached hydrogens (tertiary/aromatic N) is 1. The summed E-state index contributed by atoms with van der Waals surface area (Å²) in [6.07, 6.45) is 0. The van der Waals surface area contributed by atoms with E-state index in [0.29, 0.717) is 18.0 Å². The molecule has 2 aromatic carbocycles. The molecule has 5 heteroatoms. The molecule has 0 atom stereocenters. The molecule has 3 rings (SSSR count). The molecule has 0 radical (unpaired) electrons. The van der Waals surface area contributed by atoms with Crippen molar-refractivity contribution in [2.75, 3.05) is 26.2 Å². The lowest BCUT2D eigenvalue weighted by Gasteiger charge is -2.31. The number of nitrogens with one attached hydrogen (secondary N) is 1. The van der Waals surface area contributed by atoms with Gasteiger partial charge in [0.15, 0.2) is 0 Å². The van der Waals surface area contributed by atoms with Crippen LogP contribution in [0.15, 0.2) is 59.5 Å². The van der Waals surface area contributed by atoms with E-state index < -0.39 is 10.0 Å². The first-order valence-electron chi connectivity index (χ1n) is 8.00. The SMILES string of the molecule is Cc1ccc(S(=O)(=O)N2CC[NH+](Cc3ccccc3)CC2)cc1. The Kier molecular flexibility index (Phi) is 4.80. The summed E-state index contributed by atoms with van der Waals surface area (Å²) in [5.74, 6) is 0. The van der Waals surface area contributed by atoms with Gasteiger partial charge in [-0.15, -0.1) is 0 Å². The Hall–Kier alpha value is -1.69. The molecule has 1 N–H and O–H groups in total. The van der Waals surface area contributed by atoms with Gasteiger partial charge < -0.3 is 4.90 Å². The molecule has 1 aliphatic heterocycles. The summed E-state index contributed by atoms with van der Waals surface area (Å²) < 4.78 is 27.0. The van der Waals surface area contributed by atoms with Crippen molar-refractivity contribution in [3.05, 3.63) is 65.7 Å². The number of piperazine rings is 1. The summed E-state index contributed by atoms with van der Waals surface area (Å²) in [6, 6.07) is 17.5. The lowest BCUT2D eigenvalue weighted by molar-refractivity contribution is -0.917. The molecule has 0 saturated carbocycles. The number of sulfonamides is 1. The molecule has 0 unspecified atom stereocenters. The monoisotopic (exact) mass is 331 g/mol. The fraction of sp³-hybridized carbons (Fsp3) is 0.333. The van der Waals surface area contributed by atoms with Crippen LogP contribution in [0.4, 0.5) is 0 Å². The van der Waals surface area contributed by atoms with Crippen LogP contribution >= 0.6 is 0 Å². The highest BCUT2D eigenvalue weighted by Crippen LogP contribution is 2.16. The summed E-state index contributed by atoms with van der Waals surface area (Å²) in [7, 11) is -3.36. The highest BCUT2D eigenvalue weighted by molar-refractivity contribution is 7.89. The van der Waals surface area contributed by atoms with E-state index in [0.717, 1.165) is 25.2 Å². The van der Waals surface area contributed by atoms with E-state index in [9.17, 15) is 8.42 Å². The van der Waals surface area contributed by atoms with Gasteiger partial charge in [-0.05, 0) is 19.1 Å². The molecule has 23 heavy (non-hydrogen) atoms. The van der Waals surface area contributed by atoms with Gasteiger partial charge in [-0.2, -0.15) is 4.31 Å². The normalized spacial score (nSPS) is 17.3. The minimum absolute atomic E-state index is 0.398. The fourth-order valence-corrected chi connectivity index (χ4v) is 4.40. The number of hydrogen-bond acceptors (Lipinski definition) is 2. The minimum Gasteiger partial charge on any atom is -0.329 e. The molecule has 1 heterocycles. The van der Waals surface area contributed by atoms with Crippen LogP contribution in [0.5, 0.6) is 0 Å². The van der Waals surface area contributed by atoms with Crippen LogP contribution in [-0.2, 0) is 16.6 Å². The van der Waals surface area contributed by atoms with Crippen molar-refractivity contribution in [1.29, 1.82) is 0 Å². The fourth-order valence-electron chi connectivity index (χ4n) is 2.96. The third kappa shape index (κ3) is 3.80. The van der Waals surface area contributed by atoms with Gasteiger partial charge >= 0.3 is 0 Å². The minimum atomic E-state index is -3.36. The first-order chi connectivity index (χ1) is 11.1. The van der Waals surface area contributed by atoms with Gasteiger partial charge in [0.25, 0.3) is 0 Å². The Morgan fingerprint density at radius 1 is 0.957 bits per heavy atom. The van der Waals surface area contributed by atoms with E-state index >= 15 is 0 Å². The molecule has 122 valence electrons. The third-order valence-electron chi connectivity index (χ3n) is 4.39. The average molecular weight is 331 g/mol. The first-order valence-corrected chi connectivity index (χ1v) is 9.44. The summed E-state index contributed by atoms with van der Waals surface area (Å²) in [5.41, 5.74) is 2.37. The van der Waals surface area contributed by atoms with Crippen LogP contribution in [-0.4, -0.2) is 38.9 Å². The Morgan fingerprint density at radius 2 is 1.57 bits per heavy atom. The van der Waals surface area contributed by atoms with Crippen LogP contribution in [0.2, 0.25) is 0 Å². The van der Waals surface area contributed by atoms with Crippen LogP contribution in [0.3, 0.4) is 0 Å². The zero-order valence-corrected chi connectivity index (χ0v) is 14.2. The van der Waals surface area contributed by atoms with Crippen molar-refractivity contribution in [3.8, 4) is 0 Å². The highest BCUT2D eigenvalue weighted by Gasteiger charge is 2.30. The van der Waals surface area contributed by atoms with Crippen molar-refractivity contribution < 1.29 is 13.3 Å². The molecule has 0 spiro atoms. The summed E-state index contributed by atoms with van der Waals surface area (Å²) >= 11 is 0. The number of aryl methyl sites for hydroxylation is 1. The molecule has 1 aliphatic rings. The van der Waals surface area contributed by atoms with E-state index in [1.54, 1.807) is 16.4 Å². The van der Waals surface area contributed by atoms with Crippen LogP contribution in [0.25, 0.3) is 0 Å². The maximum atomic E-state index is 12.7.